The van der Waals surface area contributed by atoms with Gasteiger partial charge in [0.1, 0.15) is 5.75 Å². The van der Waals surface area contributed by atoms with E-state index >= 15 is 0 Å². The minimum Gasteiger partial charge on any atom is -0.482 e. The van der Waals surface area contributed by atoms with Crippen LogP contribution in [0.3, 0.4) is 0 Å². The number of amides is 2. The SMILES string of the molecule is Cc1cc(C)c(NC(=O)CNC(=O)COc2cc(Cl)ccc2Cl)c(C)c1. The molecular formula is C19H20Cl2N2O3. The maximum Gasteiger partial charge on any atom is 0.258 e. The van der Waals surface area contributed by atoms with Gasteiger partial charge in [-0.1, -0.05) is 40.9 Å². The molecule has 5 nitrogen and oxygen atoms in total. The highest BCUT2D eigenvalue weighted by Crippen LogP contribution is 2.27. The average Bonchev–Trinajstić information content (AvgIpc) is 2.57. The maximum absolute atomic E-state index is 12.1. The monoisotopic (exact) mass is 394 g/mol. The summed E-state index contributed by atoms with van der Waals surface area (Å²) >= 11 is 11.8. The highest BCUT2D eigenvalue weighted by atomic mass is 35.5. The molecule has 2 amide bonds. The zero-order chi connectivity index (χ0) is 19.3. The van der Waals surface area contributed by atoms with E-state index in [9.17, 15) is 9.59 Å². The fourth-order valence-corrected chi connectivity index (χ4v) is 2.86. The van der Waals surface area contributed by atoms with Gasteiger partial charge in [0.25, 0.3) is 5.91 Å². The quantitative estimate of drug-likeness (QED) is 0.776. The molecule has 2 rings (SSSR count). The lowest BCUT2D eigenvalue weighted by Gasteiger charge is -2.13. The highest BCUT2D eigenvalue weighted by Gasteiger charge is 2.11. The van der Waals surface area contributed by atoms with Gasteiger partial charge in [-0.15, -0.1) is 0 Å². The van der Waals surface area contributed by atoms with Crippen molar-refractivity contribution in [1.29, 1.82) is 0 Å². The molecule has 138 valence electrons. The van der Waals surface area contributed by atoms with Gasteiger partial charge in [-0.3, -0.25) is 9.59 Å². The Morgan fingerprint density at radius 2 is 1.65 bits per heavy atom. The molecule has 0 aliphatic carbocycles. The Morgan fingerprint density at radius 3 is 2.31 bits per heavy atom. The van der Waals surface area contributed by atoms with Crippen molar-refractivity contribution in [3.63, 3.8) is 0 Å². The van der Waals surface area contributed by atoms with Crippen molar-refractivity contribution in [2.75, 3.05) is 18.5 Å². The first kappa shape index (κ1) is 20.1. The van der Waals surface area contributed by atoms with Gasteiger partial charge in [-0.05, 0) is 44.0 Å². The molecule has 2 N–H and O–H groups in total. The Balaban J connectivity index is 1.84. The minimum atomic E-state index is -0.437. The predicted octanol–water partition coefficient (Wildman–Crippen LogP) is 4.05. The third-order valence-electron chi connectivity index (χ3n) is 3.64. The molecule has 0 unspecified atom stereocenters. The normalized spacial score (nSPS) is 10.3. The summed E-state index contributed by atoms with van der Waals surface area (Å²) in [6, 6.07) is 8.70. The molecule has 0 atom stereocenters. The number of ether oxygens (including phenoxy) is 1. The molecule has 0 fully saturated rings. The first-order chi connectivity index (χ1) is 12.3. The molecule has 26 heavy (non-hydrogen) atoms. The first-order valence-corrected chi connectivity index (χ1v) is 8.74. The van der Waals surface area contributed by atoms with Crippen molar-refractivity contribution in [2.45, 2.75) is 20.8 Å². The average molecular weight is 395 g/mol. The summed E-state index contributed by atoms with van der Waals surface area (Å²) in [4.78, 5) is 23.9. The van der Waals surface area contributed by atoms with Crippen molar-refractivity contribution in [2.24, 2.45) is 0 Å². The number of benzene rings is 2. The van der Waals surface area contributed by atoms with E-state index in [0.29, 0.717) is 15.8 Å². The van der Waals surface area contributed by atoms with Gasteiger partial charge in [-0.2, -0.15) is 0 Å². The lowest BCUT2D eigenvalue weighted by Crippen LogP contribution is -2.36. The third kappa shape index (κ3) is 5.64. The van der Waals surface area contributed by atoms with Crippen LogP contribution in [0.25, 0.3) is 0 Å². The third-order valence-corrected chi connectivity index (χ3v) is 4.19. The van der Waals surface area contributed by atoms with Crippen LogP contribution in [0.1, 0.15) is 16.7 Å². The first-order valence-electron chi connectivity index (χ1n) is 7.98. The number of anilines is 1. The molecule has 0 saturated carbocycles. The zero-order valence-corrected chi connectivity index (χ0v) is 16.3. The van der Waals surface area contributed by atoms with Gasteiger partial charge in [0, 0.05) is 16.8 Å². The minimum absolute atomic E-state index is 0.155. The molecule has 7 heteroatoms. The van der Waals surface area contributed by atoms with E-state index < -0.39 is 5.91 Å². The van der Waals surface area contributed by atoms with E-state index in [0.717, 1.165) is 22.4 Å². The van der Waals surface area contributed by atoms with Gasteiger partial charge in [0.15, 0.2) is 6.61 Å². The molecule has 0 aliphatic rings. The lowest BCUT2D eigenvalue weighted by atomic mass is 10.1. The van der Waals surface area contributed by atoms with Crippen LogP contribution in [0.2, 0.25) is 10.0 Å². The smallest absolute Gasteiger partial charge is 0.258 e. The van der Waals surface area contributed by atoms with Crippen LogP contribution in [0.15, 0.2) is 30.3 Å². The number of aryl methyl sites for hydroxylation is 3. The molecule has 2 aromatic rings. The second-order valence-corrected chi connectivity index (χ2v) is 6.81. The van der Waals surface area contributed by atoms with Crippen molar-refractivity contribution >= 4 is 40.7 Å². The van der Waals surface area contributed by atoms with Crippen LogP contribution in [0.4, 0.5) is 5.69 Å². The van der Waals surface area contributed by atoms with Crippen molar-refractivity contribution in [1.82, 2.24) is 5.32 Å². The molecule has 2 aromatic carbocycles. The molecule has 0 heterocycles. The molecule has 0 aromatic heterocycles. The van der Waals surface area contributed by atoms with Gasteiger partial charge < -0.3 is 15.4 Å². The van der Waals surface area contributed by atoms with E-state index in [1.165, 1.54) is 6.07 Å². The van der Waals surface area contributed by atoms with Crippen LogP contribution < -0.4 is 15.4 Å². The molecule has 0 saturated heterocycles. The van der Waals surface area contributed by atoms with Crippen LogP contribution in [0, 0.1) is 20.8 Å². The van der Waals surface area contributed by atoms with E-state index in [4.69, 9.17) is 27.9 Å². The number of carbonyl (C=O) groups is 2. The number of hydrogen-bond donors (Lipinski definition) is 2. The zero-order valence-electron chi connectivity index (χ0n) is 14.8. The van der Waals surface area contributed by atoms with Crippen LogP contribution in [0.5, 0.6) is 5.75 Å². The Hall–Kier alpha value is -2.24. The summed E-state index contributed by atoms with van der Waals surface area (Å²) in [6.07, 6.45) is 0. The number of halogens is 2. The Bertz CT molecular complexity index is 815. The fraction of sp³-hybridized carbons (Fsp3) is 0.263. The maximum atomic E-state index is 12.1. The molecule has 0 aliphatic heterocycles. The second-order valence-electron chi connectivity index (χ2n) is 5.96. The standard InChI is InChI=1S/C19H20Cl2N2O3/c1-11-6-12(2)19(13(3)7-11)23-17(24)9-22-18(25)10-26-16-8-14(20)4-5-15(16)21/h4-8H,9-10H2,1-3H3,(H,22,25)(H,23,24). The van der Waals surface area contributed by atoms with Crippen molar-refractivity contribution < 1.29 is 14.3 Å². The highest BCUT2D eigenvalue weighted by molar-refractivity contribution is 6.34. The number of carbonyl (C=O) groups excluding carboxylic acids is 2. The van der Waals surface area contributed by atoms with Gasteiger partial charge in [0.2, 0.25) is 5.91 Å². The van der Waals surface area contributed by atoms with Crippen LogP contribution >= 0.6 is 23.2 Å². The van der Waals surface area contributed by atoms with Gasteiger partial charge in [0.05, 0.1) is 11.6 Å². The number of nitrogens with one attached hydrogen (secondary N) is 2. The summed E-state index contributed by atoms with van der Waals surface area (Å²) in [5.41, 5.74) is 3.84. The van der Waals surface area contributed by atoms with Crippen LogP contribution in [-0.4, -0.2) is 25.0 Å². The number of rotatable bonds is 6. The van der Waals surface area contributed by atoms with Gasteiger partial charge >= 0.3 is 0 Å². The molecular weight excluding hydrogens is 375 g/mol. The Morgan fingerprint density at radius 1 is 1.00 bits per heavy atom. The van der Waals surface area contributed by atoms with E-state index in [2.05, 4.69) is 10.6 Å². The fourth-order valence-electron chi connectivity index (χ4n) is 2.52. The number of hydrogen-bond acceptors (Lipinski definition) is 3. The Kier molecular flexibility index (Phi) is 6.89. The molecule has 0 spiro atoms. The van der Waals surface area contributed by atoms with Crippen molar-refractivity contribution in [3.05, 3.63) is 57.1 Å². The summed E-state index contributed by atoms with van der Waals surface area (Å²) < 4.78 is 5.32. The van der Waals surface area contributed by atoms with E-state index in [1.54, 1.807) is 12.1 Å². The summed E-state index contributed by atoms with van der Waals surface area (Å²) in [5, 5.41) is 6.13. The second kappa shape index (κ2) is 8.92. The lowest BCUT2D eigenvalue weighted by molar-refractivity contribution is -0.125. The molecule has 0 radical (unpaired) electrons. The summed E-state index contributed by atoms with van der Waals surface area (Å²) in [5.74, 6) is -0.438. The summed E-state index contributed by atoms with van der Waals surface area (Å²) in [7, 11) is 0. The van der Waals surface area contributed by atoms with E-state index in [-0.39, 0.29) is 19.1 Å². The van der Waals surface area contributed by atoms with Gasteiger partial charge in [-0.25, -0.2) is 0 Å². The van der Waals surface area contributed by atoms with Crippen molar-refractivity contribution in [3.8, 4) is 5.75 Å². The van der Waals surface area contributed by atoms with Crippen LogP contribution in [-0.2, 0) is 9.59 Å². The molecule has 0 bridgehead atoms. The topological polar surface area (TPSA) is 67.4 Å². The largest absolute Gasteiger partial charge is 0.482 e. The predicted molar refractivity (Wildman–Crippen MR) is 104 cm³/mol. The summed E-state index contributed by atoms with van der Waals surface area (Å²) in [6.45, 7) is 5.43. The van der Waals surface area contributed by atoms with E-state index in [1.807, 2.05) is 32.9 Å². The Labute approximate surface area is 162 Å².